The van der Waals surface area contributed by atoms with Gasteiger partial charge in [0.25, 0.3) is 0 Å². The molecule has 4 fully saturated rings. The van der Waals surface area contributed by atoms with Crippen LogP contribution in [0.25, 0.3) is 10.9 Å². The summed E-state index contributed by atoms with van der Waals surface area (Å²) in [6.07, 6.45) is 5.30. The first-order valence-electron chi connectivity index (χ1n) is 10.4. The maximum atomic E-state index is 14.2. The van der Waals surface area contributed by atoms with E-state index in [2.05, 4.69) is 11.2 Å². The lowest BCUT2D eigenvalue weighted by Crippen LogP contribution is -2.70. The molecule has 1 unspecified atom stereocenters. The van der Waals surface area contributed by atoms with Gasteiger partial charge in [-0.2, -0.15) is 10.4 Å². The molecular weight excluding hydrogens is 379 g/mol. The van der Waals surface area contributed by atoms with Gasteiger partial charge in [-0.15, -0.1) is 0 Å². The monoisotopic (exact) mass is 400 g/mol. The average Bonchev–Trinajstić information content (AvgIpc) is 3.06. The number of aromatic nitrogens is 2. The van der Waals surface area contributed by atoms with E-state index in [4.69, 9.17) is 5.26 Å². The van der Waals surface area contributed by atoms with Crippen LogP contribution in [0.5, 0.6) is 0 Å². The van der Waals surface area contributed by atoms with Crippen LogP contribution < -0.4 is 0 Å². The third-order valence-electron chi connectivity index (χ3n) is 7.39. The van der Waals surface area contributed by atoms with Crippen molar-refractivity contribution < 1.29 is 9.18 Å². The molecule has 1 saturated heterocycles. The van der Waals surface area contributed by atoms with Gasteiger partial charge in [-0.25, -0.2) is 4.39 Å². The molecule has 0 spiro atoms. The number of carbonyl (C=O) groups is 1. The number of fused-ring (bicyclic) bond motifs is 1. The predicted molar refractivity (Wildman–Crippen MR) is 109 cm³/mol. The Morgan fingerprint density at radius 1 is 1.23 bits per heavy atom. The molecule has 3 aliphatic carbocycles. The lowest BCUT2D eigenvalue weighted by atomic mass is 9.34. The van der Waals surface area contributed by atoms with Crippen molar-refractivity contribution in [2.75, 3.05) is 6.54 Å². The van der Waals surface area contributed by atoms with E-state index in [0.717, 1.165) is 49.7 Å². The van der Waals surface area contributed by atoms with Gasteiger partial charge in [-0.3, -0.25) is 9.48 Å². The van der Waals surface area contributed by atoms with Gasteiger partial charge in [0.2, 0.25) is 5.91 Å². The first-order valence-corrected chi connectivity index (χ1v) is 10.4. The SMILES string of the molecule is N#Cc1ccc2c(cnn2CC23CC(C(=O)N4CCC4c4ccccc4F)(C2)C3)c1. The van der Waals surface area contributed by atoms with Crippen LogP contribution in [0.15, 0.2) is 48.7 Å². The standard InChI is InChI=1S/C24H21FN4O/c25-19-4-2-1-3-18(19)21-7-8-28(21)22(30)24-12-23(13-24,14-24)15-29-20-6-5-16(10-26)9-17(20)11-27-29/h1-6,9,11,21H,7-8,12-15H2. The fraction of sp³-hybridized carbons (Fsp3) is 0.375. The third-order valence-corrected chi connectivity index (χ3v) is 7.39. The molecule has 150 valence electrons. The topological polar surface area (TPSA) is 61.9 Å². The highest BCUT2D eigenvalue weighted by Gasteiger charge is 2.72. The second kappa shape index (κ2) is 5.91. The summed E-state index contributed by atoms with van der Waals surface area (Å²) in [7, 11) is 0. The molecule has 4 aliphatic rings. The fourth-order valence-corrected chi connectivity index (χ4v) is 6.00. The van der Waals surface area contributed by atoms with E-state index < -0.39 is 0 Å². The number of rotatable bonds is 4. The number of benzene rings is 2. The quantitative estimate of drug-likeness (QED) is 0.660. The molecule has 5 nitrogen and oxygen atoms in total. The predicted octanol–water partition coefficient (Wildman–Crippen LogP) is 4.19. The third kappa shape index (κ3) is 2.32. The van der Waals surface area contributed by atoms with Crippen molar-refractivity contribution in [2.45, 2.75) is 38.3 Å². The Bertz CT molecular complexity index is 1220. The summed E-state index contributed by atoms with van der Waals surface area (Å²) >= 11 is 0. The number of likely N-dealkylation sites (tertiary alicyclic amines) is 1. The largest absolute Gasteiger partial charge is 0.335 e. The van der Waals surface area contributed by atoms with Crippen molar-refractivity contribution in [3.63, 3.8) is 0 Å². The second-order valence-electron chi connectivity index (χ2n) is 9.32. The van der Waals surface area contributed by atoms with Crippen molar-refractivity contribution >= 4 is 16.8 Å². The van der Waals surface area contributed by atoms with E-state index in [0.29, 0.717) is 11.1 Å². The number of hydrogen-bond donors (Lipinski definition) is 0. The van der Waals surface area contributed by atoms with Crippen molar-refractivity contribution in [3.05, 3.63) is 65.6 Å². The minimum absolute atomic E-state index is 0.118. The normalized spacial score (nSPS) is 28.9. The van der Waals surface area contributed by atoms with E-state index in [-0.39, 0.29) is 28.6 Å². The molecule has 2 bridgehead atoms. The number of halogens is 1. The van der Waals surface area contributed by atoms with Crippen molar-refractivity contribution in [1.82, 2.24) is 14.7 Å². The van der Waals surface area contributed by atoms with Gasteiger partial charge in [-0.1, -0.05) is 18.2 Å². The van der Waals surface area contributed by atoms with Gasteiger partial charge in [0.05, 0.1) is 34.8 Å². The maximum Gasteiger partial charge on any atom is 0.229 e. The number of carbonyl (C=O) groups excluding carboxylic acids is 1. The molecule has 3 aromatic rings. The fourth-order valence-electron chi connectivity index (χ4n) is 6.00. The zero-order valence-corrected chi connectivity index (χ0v) is 16.5. The smallest absolute Gasteiger partial charge is 0.229 e. The van der Waals surface area contributed by atoms with E-state index in [1.807, 2.05) is 40.0 Å². The van der Waals surface area contributed by atoms with E-state index >= 15 is 0 Å². The van der Waals surface area contributed by atoms with Crippen LogP contribution in [-0.4, -0.2) is 27.1 Å². The summed E-state index contributed by atoms with van der Waals surface area (Å²) in [5.74, 6) is -0.0213. The summed E-state index contributed by atoms with van der Waals surface area (Å²) in [6, 6.07) is 14.5. The number of hydrogen-bond acceptors (Lipinski definition) is 3. The number of nitriles is 1. The molecule has 6 heteroatoms. The molecule has 7 rings (SSSR count). The lowest BCUT2D eigenvalue weighted by Gasteiger charge is -2.70. The molecule has 0 N–H and O–H groups in total. The van der Waals surface area contributed by atoms with E-state index in [9.17, 15) is 9.18 Å². The summed E-state index contributed by atoms with van der Waals surface area (Å²) in [5, 5.41) is 14.6. The van der Waals surface area contributed by atoms with Gasteiger partial charge in [-0.05, 0) is 55.4 Å². The number of nitrogens with zero attached hydrogens (tertiary/aromatic N) is 4. The Morgan fingerprint density at radius 2 is 2.03 bits per heavy atom. The molecule has 2 heterocycles. The second-order valence-corrected chi connectivity index (χ2v) is 9.32. The molecule has 2 aromatic carbocycles. The zero-order chi connectivity index (χ0) is 20.5. The van der Waals surface area contributed by atoms with Crippen molar-refractivity contribution in [2.24, 2.45) is 10.8 Å². The molecular formula is C24H21FN4O. The Kier molecular flexibility index (Phi) is 3.48. The van der Waals surface area contributed by atoms with Crippen LogP contribution in [-0.2, 0) is 11.3 Å². The highest BCUT2D eigenvalue weighted by molar-refractivity contribution is 5.87. The van der Waals surface area contributed by atoms with Crippen molar-refractivity contribution in [1.29, 1.82) is 5.26 Å². The van der Waals surface area contributed by atoms with Crippen molar-refractivity contribution in [3.8, 4) is 6.07 Å². The minimum Gasteiger partial charge on any atom is -0.335 e. The molecule has 1 aromatic heterocycles. The number of amides is 1. The summed E-state index contributed by atoms with van der Waals surface area (Å²) in [4.78, 5) is 15.1. The zero-order valence-electron chi connectivity index (χ0n) is 16.5. The highest BCUT2D eigenvalue weighted by atomic mass is 19.1. The van der Waals surface area contributed by atoms with Gasteiger partial charge in [0, 0.05) is 24.0 Å². The van der Waals surface area contributed by atoms with E-state index in [1.54, 1.807) is 12.1 Å². The van der Waals surface area contributed by atoms with Crippen LogP contribution in [0, 0.1) is 28.0 Å². The van der Waals surface area contributed by atoms with Crippen LogP contribution in [0.3, 0.4) is 0 Å². The van der Waals surface area contributed by atoms with Gasteiger partial charge >= 0.3 is 0 Å². The van der Waals surface area contributed by atoms with Gasteiger partial charge in [0.1, 0.15) is 5.82 Å². The Morgan fingerprint density at radius 3 is 2.73 bits per heavy atom. The maximum absolute atomic E-state index is 14.2. The first-order chi connectivity index (χ1) is 14.5. The molecule has 3 saturated carbocycles. The molecule has 30 heavy (non-hydrogen) atoms. The highest BCUT2D eigenvalue weighted by Crippen LogP contribution is 2.75. The molecule has 1 amide bonds. The van der Waals surface area contributed by atoms with Crippen LogP contribution in [0.2, 0.25) is 0 Å². The minimum atomic E-state index is -0.249. The van der Waals surface area contributed by atoms with Gasteiger partial charge < -0.3 is 4.90 Å². The summed E-state index contributed by atoms with van der Waals surface area (Å²) in [5.41, 5.74) is 2.19. The Balaban J connectivity index is 1.15. The first kappa shape index (κ1) is 17.6. The van der Waals surface area contributed by atoms with Crippen LogP contribution >= 0.6 is 0 Å². The van der Waals surface area contributed by atoms with Gasteiger partial charge in [0.15, 0.2) is 0 Å². The summed E-state index contributed by atoms with van der Waals surface area (Å²) in [6.45, 7) is 1.52. The molecule has 0 radical (unpaired) electrons. The van der Waals surface area contributed by atoms with Crippen LogP contribution in [0.1, 0.15) is 42.9 Å². The Hall–Kier alpha value is -3.20. The Labute approximate surface area is 173 Å². The lowest BCUT2D eigenvalue weighted by molar-refractivity contribution is -0.227. The molecule has 1 atom stereocenters. The summed E-state index contributed by atoms with van der Waals surface area (Å²) < 4.78 is 16.2. The molecule has 1 aliphatic heterocycles. The van der Waals surface area contributed by atoms with E-state index in [1.165, 1.54) is 6.07 Å². The average molecular weight is 400 g/mol. The van der Waals surface area contributed by atoms with Crippen LogP contribution in [0.4, 0.5) is 4.39 Å².